The van der Waals surface area contributed by atoms with Crippen LogP contribution in [-0.2, 0) is 16.9 Å². The van der Waals surface area contributed by atoms with Gasteiger partial charge in [0.25, 0.3) is 0 Å². The Morgan fingerprint density at radius 2 is 2.06 bits per heavy atom. The summed E-state index contributed by atoms with van der Waals surface area (Å²) in [5.74, 6) is 1.61. The van der Waals surface area contributed by atoms with E-state index in [1.165, 1.54) is 0 Å². The molecule has 0 amide bonds. The van der Waals surface area contributed by atoms with Crippen LogP contribution in [0.5, 0.6) is 11.5 Å². The molecule has 17 heavy (non-hydrogen) atoms. The lowest BCUT2D eigenvalue weighted by Crippen LogP contribution is -2.23. The highest BCUT2D eigenvalue weighted by Crippen LogP contribution is 2.48. The summed E-state index contributed by atoms with van der Waals surface area (Å²) in [6.07, 6.45) is 2.06. The Kier molecular flexibility index (Phi) is 2.49. The van der Waals surface area contributed by atoms with Gasteiger partial charge in [-0.1, -0.05) is 6.07 Å². The maximum atomic E-state index is 6.28. The van der Waals surface area contributed by atoms with Crippen LogP contribution in [0.3, 0.4) is 0 Å². The lowest BCUT2D eigenvalue weighted by Gasteiger charge is -2.24. The van der Waals surface area contributed by atoms with Crippen molar-refractivity contribution in [3.05, 3.63) is 23.3 Å². The van der Waals surface area contributed by atoms with Crippen LogP contribution in [0.2, 0.25) is 0 Å². The van der Waals surface area contributed by atoms with Crippen molar-refractivity contribution in [2.75, 3.05) is 20.3 Å². The van der Waals surface area contributed by atoms with Gasteiger partial charge in [0.15, 0.2) is 11.5 Å². The van der Waals surface area contributed by atoms with Crippen LogP contribution >= 0.6 is 0 Å². The monoisotopic (exact) mass is 235 g/mol. The van der Waals surface area contributed by atoms with Crippen molar-refractivity contribution < 1.29 is 14.2 Å². The normalized spacial score (nSPS) is 20.1. The van der Waals surface area contributed by atoms with Crippen LogP contribution in [0.4, 0.5) is 0 Å². The Balaban J connectivity index is 2.09. The van der Waals surface area contributed by atoms with E-state index in [-0.39, 0.29) is 5.54 Å². The number of ether oxygens (including phenoxy) is 3. The largest absolute Gasteiger partial charge is 0.486 e. The van der Waals surface area contributed by atoms with Gasteiger partial charge in [-0.25, -0.2) is 0 Å². The topological polar surface area (TPSA) is 53.7 Å². The quantitative estimate of drug-likeness (QED) is 0.863. The lowest BCUT2D eigenvalue weighted by atomic mass is 9.97. The van der Waals surface area contributed by atoms with Crippen molar-refractivity contribution in [2.24, 2.45) is 5.73 Å². The Morgan fingerprint density at radius 1 is 1.29 bits per heavy atom. The average Bonchev–Trinajstić information content (AvgIpc) is 3.09. The fraction of sp³-hybridized carbons (Fsp3) is 0.538. The van der Waals surface area contributed by atoms with Gasteiger partial charge in [-0.3, -0.25) is 0 Å². The van der Waals surface area contributed by atoms with Gasteiger partial charge in [0.1, 0.15) is 13.2 Å². The third-order valence-electron chi connectivity index (χ3n) is 3.43. The number of rotatable bonds is 3. The highest BCUT2D eigenvalue weighted by atomic mass is 16.6. The maximum Gasteiger partial charge on any atom is 0.167 e. The van der Waals surface area contributed by atoms with Crippen molar-refractivity contribution in [1.82, 2.24) is 0 Å². The van der Waals surface area contributed by atoms with Crippen molar-refractivity contribution in [1.29, 1.82) is 0 Å². The molecule has 0 radical (unpaired) electrons. The average molecular weight is 235 g/mol. The van der Waals surface area contributed by atoms with Gasteiger partial charge in [0.05, 0.1) is 6.61 Å². The van der Waals surface area contributed by atoms with E-state index in [4.69, 9.17) is 19.9 Å². The molecule has 1 aliphatic carbocycles. The summed E-state index contributed by atoms with van der Waals surface area (Å²) in [4.78, 5) is 0. The van der Waals surface area contributed by atoms with E-state index in [1.807, 2.05) is 6.07 Å². The summed E-state index contributed by atoms with van der Waals surface area (Å²) < 4.78 is 16.6. The molecule has 1 fully saturated rings. The molecule has 2 N–H and O–H groups in total. The van der Waals surface area contributed by atoms with Crippen LogP contribution in [0.15, 0.2) is 12.1 Å². The van der Waals surface area contributed by atoms with E-state index < -0.39 is 0 Å². The molecule has 3 rings (SSSR count). The van der Waals surface area contributed by atoms with E-state index in [0.29, 0.717) is 19.8 Å². The lowest BCUT2D eigenvalue weighted by molar-refractivity contribution is 0.152. The van der Waals surface area contributed by atoms with Crippen molar-refractivity contribution in [3.8, 4) is 11.5 Å². The first kappa shape index (κ1) is 10.9. The Morgan fingerprint density at radius 3 is 2.76 bits per heavy atom. The summed E-state index contributed by atoms with van der Waals surface area (Å²) in [7, 11) is 1.68. The van der Waals surface area contributed by atoms with Gasteiger partial charge in [0.2, 0.25) is 0 Å². The maximum absolute atomic E-state index is 6.28. The Hall–Kier alpha value is -1.26. The molecule has 92 valence electrons. The zero-order valence-corrected chi connectivity index (χ0v) is 9.99. The summed E-state index contributed by atoms with van der Waals surface area (Å²) in [5, 5.41) is 0. The molecule has 1 saturated carbocycles. The molecule has 1 aliphatic heterocycles. The summed E-state index contributed by atoms with van der Waals surface area (Å²) in [5.41, 5.74) is 8.29. The molecule has 0 spiro atoms. The van der Waals surface area contributed by atoms with Gasteiger partial charge in [-0.05, 0) is 24.5 Å². The molecule has 1 heterocycles. The number of methoxy groups -OCH3 is 1. The second-order valence-corrected chi connectivity index (χ2v) is 4.71. The van der Waals surface area contributed by atoms with Crippen LogP contribution < -0.4 is 15.2 Å². The molecular formula is C13H17NO3. The Labute approximate surface area is 101 Å². The molecule has 1 aromatic rings. The summed E-state index contributed by atoms with van der Waals surface area (Å²) in [6, 6.07) is 4.00. The highest BCUT2D eigenvalue weighted by Gasteiger charge is 2.42. The first-order chi connectivity index (χ1) is 8.24. The first-order valence-corrected chi connectivity index (χ1v) is 5.94. The molecule has 4 heteroatoms. The van der Waals surface area contributed by atoms with Crippen LogP contribution in [-0.4, -0.2) is 20.3 Å². The fourth-order valence-electron chi connectivity index (χ4n) is 2.33. The standard InChI is InChI=1S/C13H17NO3/c1-15-8-9-10(13(14)4-5-13)2-3-11-12(9)17-7-6-16-11/h2-3H,4-8,14H2,1H3. The van der Waals surface area contributed by atoms with Gasteiger partial charge in [0, 0.05) is 18.2 Å². The molecule has 0 unspecified atom stereocenters. The molecule has 0 atom stereocenters. The molecular weight excluding hydrogens is 218 g/mol. The van der Waals surface area contributed by atoms with Crippen LogP contribution in [0.1, 0.15) is 24.0 Å². The molecule has 0 aromatic heterocycles. The molecule has 4 nitrogen and oxygen atoms in total. The molecule has 1 aromatic carbocycles. The fourth-order valence-corrected chi connectivity index (χ4v) is 2.33. The number of nitrogens with two attached hydrogens (primary N) is 1. The minimum absolute atomic E-state index is 0.177. The number of benzene rings is 1. The van der Waals surface area contributed by atoms with E-state index in [0.717, 1.165) is 35.5 Å². The van der Waals surface area contributed by atoms with Gasteiger partial charge < -0.3 is 19.9 Å². The smallest absolute Gasteiger partial charge is 0.167 e. The predicted octanol–water partition coefficient (Wildman–Crippen LogP) is 1.55. The van der Waals surface area contributed by atoms with Gasteiger partial charge in [-0.15, -0.1) is 0 Å². The number of fused-ring (bicyclic) bond motifs is 1. The van der Waals surface area contributed by atoms with E-state index in [9.17, 15) is 0 Å². The van der Waals surface area contributed by atoms with Crippen molar-refractivity contribution in [3.63, 3.8) is 0 Å². The number of hydrogen-bond acceptors (Lipinski definition) is 4. The van der Waals surface area contributed by atoms with Crippen molar-refractivity contribution >= 4 is 0 Å². The molecule has 0 saturated heterocycles. The van der Waals surface area contributed by atoms with Gasteiger partial charge in [-0.2, -0.15) is 0 Å². The minimum Gasteiger partial charge on any atom is -0.486 e. The zero-order chi connectivity index (χ0) is 11.9. The first-order valence-electron chi connectivity index (χ1n) is 5.94. The van der Waals surface area contributed by atoms with Gasteiger partial charge >= 0.3 is 0 Å². The SMILES string of the molecule is COCc1c(C2(N)CC2)ccc2c1OCCO2. The summed E-state index contributed by atoms with van der Waals surface area (Å²) >= 11 is 0. The third kappa shape index (κ3) is 1.77. The van der Waals surface area contributed by atoms with Crippen molar-refractivity contribution in [2.45, 2.75) is 25.0 Å². The predicted molar refractivity (Wildman–Crippen MR) is 63.2 cm³/mol. The molecule has 0 bridgehead atoms. The highest BCUT2D eigenvalue weighted by molar-refractivity contribution is 5.54. The van der Waals surface area contributed by atoms with Crippen LogP contribution in [0.25, 0.3) is 0 Å². The van der Waals surface area contributed by atoms with Crippen LogP contribution in [0, 0.1) is 0 Å². The number of hydrogen-bond donors (Lipinski definition) is 1. The van der Waals surface area contributed by atoms with E-state index >= 15 is 0 Å². The second-order valence-electron chi connectivity index (χ2n) is 4.71. The zero-order valence-electron chi connectivity index (χ0n) is 9.99. The summed E-state index contributed by atoms with van der Waals surface area (Å²) in [6.45, 7) is 1.71. The van der Waals surface area contributed by atoms with E-state index in [2.05, 4.69) is 6.07 Å². The second kappa shape index (κ2) is 3.89. The Bertz CT molecular complexity index is 441. The molecule has 2 aliphatic rings. The third-order valence-corrected chi connectivity index (χ3v) is 3.43. The minimum atomic E-state index is -0.177. The van der Waals surface area contributed by atoms with E-state index in [1.54, 1.807) is 7.11 Å².